The molecule has 0 aliphatic heterocycles. The van der Waals surface area contributed by atoms with Gasteiger partial charge in [-0.05, 0) is 19.8 Å². The zero-order valence-corrected chi connectivity index (χ0v) is 5.91. The highest BCUT2D eigenvalue weighted by Crippen LogP contribution is 1.96. The third kappa shape index (κ3) is 7.12. The van der Waals surface area contributed by atoms with Gasteiger partial charge < -0.3 is 0 Å². The molecule has 0 saturated carbocycles. The van der Waals surface area contributed by atoms with Gasteiger partial charge in [0.15, 0.2) is 0 Å². The lowest BCUT2D eigenvalue weighted by molar-refractivity contribution is 0.783. The van der Waals surface area contributed by atoms with E-state index in [9.17, 15) is 0 Å². The van der Waals surface area contributed by atoms with Crippen LogP contribution < -0.4 is 0 Å². The summed E-state index contributed by atoms with van der Waals surface area (Å²) in [7, 11) is 0. The van der Waals surface area contributed by atoms with E-state index >= 15 is 0 Å². The maximum absolute atomic E-state index is 5.06. The van der Waals surface area contributed by atoms with Gasteiger partial charge in [0.1, 0.15) is 0 Å². The fraction of sp³-hybridized carbons (Fsp3) is 0.556. The van der Waals surface area contributed by atoms with E-state index in [1.807, 2.05) is 6.92 Å². The average molecular weight is 120 g/mol. The molecule has 0 rings (SSSR count). The van der Waals surface area contributed by atoms with Gasteiger partial charge in [-0.2, -0.15) is 0 Å². The second-order valence-electron chi connectivity index (χ2n) is 1.84. The molecule has 0 aromatic heterocycles. The van der Waals surface area contributed by atoms with Gasteiger partial charge in [0.05, 0.1) is 0 Å². The van der Waals surface area contributed by atoms with Crippen molar-refractivity contribution in [2.45, 2.75) is 32.6 Å². The lowest BCUT2D eigenvalue weighted by Gasteiger charge is -1.86. The Bertz CT molecular complexity index is 138. The monoisotopic (exact) mass is 120 g/mol. The number of hydrogen-bond donors (Lipinski definition) is 0. The molecule has 0 radical (unpaired) electrons. The normalized spacial score (nSPS) is 7.11. The minimum atomic E-state index is 0.894. The Labute approximate surface area is 57.7 Å². The van der Waals surface area contributed by atoms with Gasteiger partial charge in [0, 0.05) is 12.8 Å². The highest BCUT2D eigenvalue weighted by molar-refractivity contribution is 4.94. The van der Waals surface area contributed by atoms with Crippen LogP contribution in [-0.4, -0.2) is 0 Å². The lowest BCUT2D eigenvalue weighted by atomic mass is 10.2. The molecule has 0 spiro atoms. The first-order valence-electron chi connectivity index (χ1n) is 3.25. The third-order valence-electron chi connectivity index (χ3n) is 1.05. The van der Waals surface area contributed by atoms with Crippen molar-refractivity contribution in [1.82, 2.24) is 0 Å². The van der Waals surface area contributed by atoms with Gasteiger partial charge in [-0.1, -0.05) is 0 Å². The molecule has 0 aliphatic carbocycles. The van der Waals surface area contributed by atoms with Crippen molar-refractivity contribution in [3.05, 3.63) is 0 Å². The number of rotatable bonds is 3. The van der Waals surface area contributed by atoms with E-state index in [-0.39, 0.29) is 0 Å². The van der Waals surface area contributed by atoms with Gasteiger partial charge in [-0.25, -0.2) is 0 Å². The van der Waals surface area contributed by atoms with E-state index in [1.165, 1.54) is 0 Å². The van der Waals surface area contributed by atoms with Crippen molar-refractivity contribution in [3.8, 4) is 24.2 Å². The molecule has 0 nitrogen and oxygen atoms in total. The topological polar surface area (TPSA) is 0 Å². The summed E-state index contributed by atoms with van der Waals surface area (Å²) >= 11 is 0. The smallest absolute Gasteiger partial charge is 0.00889 e. The molecule has 0 atom stereocenters. The summed E-state index contributed by atoms with van der Waals surface area (Å²) in [5.41, 5.74) is 0. The Kier molecular flexibility index (Phi) is 6.42. The molecule has 0 N–H and O–H groups in total. The summed E-state index contributed by atoms with van der Waals surface area (Å²) in [6.45, 7) is 1.86. The Hall–Kier alpha value is -0.880. The lowest BCUT2D eigenvalue weighted by Crippen LogP contribution is -1.71. The van der Waals surface area contributed by atoms with Crippen LogP contribution in [0.5, 0.6) is 0 Å². The summed E-state index contributed by atoms with van der Waals surface area (Å²) < 4.78 is 0. The summed E-state index contributed by atoms with van der Waals surface area (Å²) in [6.07, 6.45) is 9.21. The van der Waals surface area contributed by atoms with Crippen molar-refractivity contribution < 1.29 is 0 Å². The first-order valence-corrected chi connectivity index (χ1v) is 3.25. The van der Waals surface area contributed by atoms with E-state index in [4.69, 9.17) is 6.42 Å². The predicted octanol–water partition coefficient (Wildman–Crippen LogP) is 2.20. The van der Waals surface area contributed by atoms with Crippen LogP contribution in [0.15, 0.2) is 0 Å². The summed E-state index contributed by atoms with van der Waals surface area (Å²) in [5, 5.41) is 0. The molecular weight excluding hydrogens is 108 g/mol. The molecular formula is C9H12. The van der Waals surface area contributed by atoms with Crippen molar-refractivity contribution in [2.24, 2.45) is 0 Å². The quantitative estimate of drug-likeness (QED) is 0.395. The van der Waals surface area contributed by atoms with E-state index < -0.39 is 0 Å². The highest BCUT2D eigenvalue weighted by Gasteiger charge is 1.80. The zero-order valence-electron chi connectivity index (χ0n) is 5.91. The molecule has 0 amide bonds. The molecule has 0 heterocycles. The molecule has 9 heavy (non-hydrogen) atoms. The maximum atomic E-state index is 5.06. The van der Waals surface area contributed by atoms with Crippen molar-refractivity contribution in [1.29, 1.82) is 0 Å². The van der Waals surface area contributed by atoms with Crippen LogP contribution in [0.3, 0.4) is 0 Å². The molecule has 0 saturated heterocycles. The summed E-state index contributed by atoms with van der Waals surface area (Å²) in [5.74, 6) is 8.43. The standard InChI is InChI=1S/C9H12/c1-3-5-7-9-8-6-4-2/h1H,5,7-9H2,2H3. The number of hydrogen-bond acceptors (Lipinski definition) is 0. The van der Waals surface area contributed by atoms with Crippen LogP contribution in [-0.2, 0) is 0 Å². The molecule has 0 fully saturated rings. The Morgan fingerprint density at radius 3 is 2.44 bits per heavy atom. The molecule has 48 valence electrons. The third-order valence-corrected chi connectivity index (χ3v) is 1.05. The second kappa shape index (κ2) is 7.12. The second-order valence-corrected chi connectivity index (χ2v) is 1.84. The van der Waals surface area contributed by atoms with Gasteiger partial charge >= 0.3 is 0 Å². The van der Waals surface area contributed by atoms with Crippen molar-refractivity contribution in [2.75, 3.05) is 0 Å². The SMILES string of the molecule is C#CCCCCC#CC. The molecule has 0 aromatic carbocycles. The van der Waals surface area contributed by atoms with Crippen LogP contribution in [0.1, 0.15) is 32.6 Å². The van der Waals surface area contributed by atoms with E-state index in [0.29, 0.717) is 0 Å². The van der Waals surface area contributed by atoms with Crippen LogP contribution >= 0.6 is 0 Å². The zero-order chi connectivity index (χ0) is 6.95. The van der Waals surface area contributed by atoms with Crippen molar-refractivity contribution in [3.63, 3.8) is 0 Å². The minimum Gasteiger partial charge on any atom is -0.120 e. The molecule has 0 unspecified atom stereocenters. The Morgan fingerprint density at radius 2 is 1.89 bits per heavy atom. The average Bonchev–Trinajstić information content (AvgIpc) is 1.89. The van der Waals surface area contributed by atoms with E-state index in [0.717, 1.165) is 25.7 Å². The minimum absolute atomic E-state index is 0.894. The molecule has 0 heteroatoms. The first kappa shape index (κ1) is 8.12. The van der Waals surface area contributed by atoms with Gasteiger partial charge in [0.2, 0.25) is 0 Å². The Balaban J connectivity index is 2.91. The molecule has 0 aliphatic rings. The largest absolute Gasteiger partial charge is 0.120 e. The summed E-state index contributed by atoms with van der Waals surface area (Å²) in [6, 6.07) is 0. The maximum Gasteiger partial charge on any atom is 0.00889 e. The van der Waals surface area contributed by atoms with E-state index in [2.05, 4.69) is 17.8 Å². The molecule has 0 aromatic rings. The molecule has 0 bridgehead atoms. The highest BCUT2D eigenvalue weighted by atomic mass is 13.8. The van der Waals surface area contributed by atoms with Crippen molar-refractivity contribution >= 4 is 0 Å². The predicted molar refractivity (Wildman–Crippen MR) is 40.8 cm³/mol. The van der Waals surface area contributed by atoms with Gasteiger partial charge in [-0.15, -0.1) is 24.2 Å². The van der Waals surface area contributed by atoms with Crippen LogP contribution in [0, 0.1) is 24.2 Å². The fourth-order valence-corrected chi connectivity index (χ4v) is 0.565. The van der Waals surface area contributed by atoms with Gasteiger partial charge in [0.25, 0.3) is 0 Å². The number of terminal acetylenes is 1. The summed E-state index contributed by atoms with van der Waals surface area (Å²) in [4.78, 5) is 0. The van der Waals surface area contributed by atoms with Crippen LogP contribution in [0.2, 0.25) is 0 Å². The number of unbranched alkanes of at least 4 members (excludes halogenated alkanes) is 3. The van der Waals surface area contributed by atoms with Crippen LogP contribution in [0.25, 0.3) is 0 Å². The van der Waals surface area contributed by atoms with Gasteiger partial charge in [-0.3, -0.25) is 0 Å². The fourth-order valence-electron chi connectivity index (χ4n) is 0.565. The van der Waals surface area contributed by atoms with E-state index in [1.54, 1.807) is 0 Å². The Morgan fingerprint density at radius 1 is 1.22 bits per heavy atom. The van der Waals surface area contributed by atoms with Crippen LogP contribution in [0.4, 0.5) is 0 Å². The first-order chi connectivity index (χ1) is 4.41.